The Morgan fingerprint density at radius 3 is 1.57 bits per heavy atom. The number of hydrogen-bond donors (Lipinski definition) is 1. The summed E-state index contributed by atoms with van der Waals surface area (Å²) in [5.41, 5.74) is -4.04. The van der Waals surface area contributed by atoms with Gasteiger partial charge in [0.15, 0.2) is 0 Å². The molecule has 1 N–H and O–H groups in total. The number of halogens is 8. The van der Waals surface area contributed by atoms with E-state index in [1.807, 2.05) is 0 Å². The Morgan fingerprint density at radius 2 is 1.14 bits per heavy atom. The maximum Gasteiger partial charge on any atom is 0.333 e. The van der Waals surface area contributed by atoms with Crippen LogP contribution in [-0.2, 0) is 24.9 Å². The molecule has 0 amide bonds. The molecule has 188 valence electrons. The van der Waals surface area contributed by atoms with Crippen molar-refractivity contribution in [3.63, 3.8) is 0 Å². The van der Waals surface area contributed by atoms with Gasteiger partial charge in [0.1, 0.15) is 11.6 Å². The van der Waals surface area contributed by atoms with Gasteiger partial charge < -0.3 is 5.11 Å². The van der Waals surface area contributed by atoms with E-state index in [1.165, 1.54) is 0 Å². The molecule has 1 aromatic heterocycles. The second-order valence-electron chi connectivity index (χ2n) is 7.65. The number of benzene rings is 2. The first kappa shape index (κ1) is 26.7. The van der Waals surface area contributed by atoms with Gasteiger partial charge in [0.25, 0.3) is 17.4 Å². The summed E-state index contributed by atoms with van der Waals surface area (Å²) in [5.74, 6) is -10.4. The van der Waals surface area contributed by atoms with Crippen molar-refractivity contribution in [1.29, 1.82) is 0 Å². The summed E-state index contributed by atoms with van der Waals surface area (Å²) in [7, 11) is 0. The fraction of sp³-hybridized carbons (Fsp3) is 0.273. The van der Waals surface area contributed by atoms with Gasteiger partial charge in [0.05, 0.1) is 6.07 Å². The minimum Gasteiger partial charge on any atom is -0.494 e. The van der Waals surface area contributed by atoms with Gasteiger partial charge in [-0.25, -0.2) is 31.1 Å². The van der Waals surface area contributed by atoms with Crippen LogP contribution >= 0.6 is 23.2 Å². The average molecular weight is 541 g/mol. The smallest absolute Gasteiger partial charge is 0.333 e. The molecule has 0 unspecified atom stereocenters. The lowest BCUT2D eigenvalue weighted by Gasteiger charge is -2.20. The first-order chi connectivity index (χ1) is 16.2. The van der Waals surface area contributed by atoms with Crippen LogP contribution in [0.4, 0.5) is 26.3 Å². The number of nitrogens with zero attached hydrogens (tertiary/aromatic N) is 2. The number of hydrogen-bond acceptors (Lipinski definition) is 3. The topological polar surface area (TPSA) is 64.2 Å². The van der Waals surface area contributed by atoms with Crippen molar-refractivity contribution >= 4 is 23.2 Å². The van der Waals surface area contributed by atoms with E-state index in [2.05, 4.69) is 0 Å². The molecule has 3 rings (SSSR count). The Morgan fingerprint density at radius 1 is 0.714 bits per heavy atom. The van der Waals surface area contributed by atoms with Crippen LogP contribution in [0.25, 0.3) is 0 Å². The number of rotatable bonds is 8. The molecule has 0 aliphatic heterocycles. The standard InChI is InChI=1S/C22H16Cl2F6N2O3/c23-14-5-12(7-16(25)9-14)21(27,28)1-3-31-18(33)11-19(34)32(20(31)35)4-2-22(29,30)13-6-15(24)10-17(26)8-13/h5-11,33H,1-4H2. The summed E-state index contributed by atoms with van der Waals surface area (Å²) >= 11 is 11.2. The predicted octanol–water partition coefficient (Wildman–Crippen LogP) is 5.66. The highest BCUT2D eigenvalue weighted by Gasteiger charge is 2.34. The van der Waals surface area contributed by atoms with Crippen LogP contribution in [0.1, 0.15) is 24.0 Å². The molecule has 13 heteroatoms. The van der Waals surface area contributed by atoms with E-state index >= 15 is 0 Å². The summed E-state index contributed by atoms with van der Waals surface area (Å²) in [5, 5.41) is 9.37. The van der Waals surface area contributed by atoms with E-state index < -0.39 is 77.7 Å². The lowest BCUT2D eigenvalue weighted by atomic mass is 10.1. The average Bonchev–Trinajstić information content (AvgIpc) is 2.71. The fourth-order valence-corrected chi connectivity index (χ4v) is 3.79. The first-order valence-corrected chi connectivity index (χ1v) is 10.7. The normalized spacial score (nSPS) is 12.2. The van der Waals surface area contributed by atoms with E-state index in [1.54, 1.807) is 0 Å². The molecular formula is C22H16Cl2F6N2O3. The number of aromatic hydroxyl groups is 1. The zero-order chi connectivity index (χ0) is 26.1. The van der Waals surface area contributed by atoms with Crippen LogP contribution in [0.15, 0.2) is 52.1 Å². The molecular weight excluding hydrogens is 525 g/mol. The van der Waals surface area contributed by atoms with Gasteiger partial charge in [-0.2, -0.15) is 0 Å². The van der Waals surface area contributed by atoms with Crippen LogP contribution < -0.4 is 11.2 Å². The minimum atomic E-state index is -3.70. The molecule has 2 aromatic carbocycles. The highest BCUT2D eigenvalue weighted by atomic mass is 35.5. The van der Waals surface area contributed by atoms with Crippen LogP contribution in [0, 0.1) is 11.6 Å². The third-order valence-electron chi connectivity index (χ3n) is 5.13. The lowest BCUT2D eigenvalue weighted by Crippen LogP contribution is -2.40. The molecule has 0 aliphatic rings. The quantitative estimate of drug-likeness (QED) is 0.375. The number of alkyl halides is 4. The highest BCUT2D eigenvalue weighted by molar-refractivity contribution is 6.30. The molecule has 0 spiro atoms. The Labute approximate surface area is 203 Å². The van der Waals surface area contributed by atoms with E-state index in [-0.39, 0.29) is 10.0 Å². The van der Waals surface area contributed by atoms with Gasteiger partial charge in [0.2, 0.25) is 5.88 Å². The van der Waals surface area contributed by atoms with Crippen LogP contribution in [0.3, 0.4) is 0 Å². The maximum atomic E-state index is 14.6. The number of aromatic nitrogens is 2. The van der Waals surface area contributed by atoms with Gasteiger partial charge >= 0.3 is 5.69 Å². The molecule has 0 saturated heterocycles. The van der Waals surface area contributed by atoms with Crippen molar-refractivity contribution in [2.24, 2.45) is 0 Å². The van der Waals surface area contributed by atoms with Crippen molar-refractivity contribution in [2.75, 3.05) is 0 Å². The van der Waals surface area contributed by atoms with Crippen LogP contribution in [0.2, 0.25) is 10.0 Å². The van der Waals surface area contributed by atoms with E-state index in [0.29, 0.717) is 27.3 Å². The molecule has 5 nitrogen and oxygen atoms in total. The van der Waals surface area contributed by atoms with Gasteiger partial charge in [-0.05, 0) is 36.4 Å². The summed E-state index contributed by atoms with van der Waals surface area (Å²) in [4.78, 5) is 24.8. The Kier molecular flexibility index (Phi) is 7.61. The molecule has 1 heterocycles. The lowest BCUT2D eigenvalue weighted by molar-refractivity contribution is -0.0196. The van der Waals surface area contributed by atoms with Crippen molar-refractivity contribution in [3.8, 4) is 5.88 Å². The van der Waals surface area contributed by atoms with E-state index in [9.17, 15) is 41.0 Å². The Balaban J connectivity index is 1.85. The van der Waals surface area contributed by atoms with Crippen molar-refractivity contribution in [1.82, 2.24) is 9.13 Å². The molecule has 0 bridgehead atoms. The van der Waals surface area contributed by atoms with E-state index in [4.69, 9.17) is 23.2 Å². The van der Waals surface area contributed by atoms with Crippen LogP contribution in [0.5, 0.6) is 5.88 Å². The second kappa shape index (κ2) is 9.98. The zero-order valence-electron chi connectivity index (χ0n) is 17.6. The Bertz CT molecular complexity index is 1330. The van der Waals surface area contributed by atoms with Crippen molar-refractivity contribution in [3.05, 3.63) is 96.1 Å². The molecule has 0 fully saturated rings. The third-order valence-corrected chi connectivity index (χ3v) is 5.56. The molecule has 0 saturated carbocycles. The second-order valence-corrected chi connectivity index (χ2v) is 8.52. The van der Waals surface area contributed by atoms with E-state index in [0.717, 1.165) is 24.3 Å². The predicted molar refractivity (Wildman–Crippen MR) is 116 cm³/mol. The van der Waals surface area contributed by atoms with Gasteiger partial charge in [-0.3, -0.25) is 13.9 Å². The summed E-state index contributed by atoms with van der Waals surface area (Å²) in [6.07, 6.45) is -2.25. The summed E-state index contributed by atoms with van der Waals surface area (Å²) in [6, 6.07) is 4.90. The maximum absolute atomic E-state index is 14.6. The minimum absolute atomic E-state index is 0.284. The molecule has 0 atom stereocenters. The molecule has 3 aromatic rings. The molecule has 0 radical (unpaired) electrons. The van der Waals surface area contributed by atoms with Gasteiger partial charge in [-0.15, -0.1) is 0 Å². The zero-order valence-corrected chi connectivity index (χ0v) is 19.1. The highest BCUT2D eigenvalue weighted by Crippen LogP contribution is 2.35. The van der Waals surface area contributed by atoms with Crippen molar-refractivity contribution in [2.45, 2.75) is 37.8 Å². The summed E-state index contributed by atoms with van der Waals surface area (Å²) in [6.45, 7) is -1.73. The third kappa shape index (κ3) is 6.21. The van der Waals surface area contributed by atoms with Crippen LogP contribution in [-0.4, -0.2) is 14.2 Å². The summed E-state index contributed by atoms with van der Waals surface area (Å²) < 4.78 is 85.9. The Hall–Kier alpha value is -2.92. The largest absolute Gasteiger partial charge is 0.494 e. The SMILES string of the molecule is O=c1cc(O)n(CCC(F)(F)c2cc(F)cc(Cl)c2)c(=O)n1CCC(F)(F)c1cc(F)cc(Cl)c1. The fourth-order valence-electron chi connectivity index (χ4n) is 3.34. The monoisotopic (exact) mass is 540 g/mol. The van der Waals surface area contributed by atoms with Gasteiger partial charge in [0, 0.05) is 47.1 Å². The molecule has 35 heavy (non-hydrogen) atoms. The molecule has 0 aliphatic carbocycles. The van der Waals surface area contributed by atoms with Crippen molar-refractivity contribution < 1.29 is 31.4 Å². The first-order valence-electron chi connectivity index (χ1n) is 9.92. The van der Waals surface area contributed by atoms with Gasteiger partial charge in [-0.1, -0.05) is 23.2 Å².